The van der Waals surface area contributed by atoms with Crippen molar-refractivity contribution in [2.75, 3.05) is 26.7 Å². The van der Waals surface area contributed by atoms with E-state index in [1.807, 2.05) is 30.3 Å². The Bertz CT molecular complexity index is 1090. The summed E-state index contributed by atoms with van der Waals surface area (Å²) in [5, 5.41) is 23.9. The molecule has 0 radical (unpaired) electrons. The Morgan fingerprint density at radius 1 is 1.02 bits per heavy atom. The highest BCUT2D eigenvalue weighted by Crippen LogP contribution is 2.27. The van der Waals surface area contributed by atoms with Gasteiger partial charge in [0.05, 0.1) is 19.7 Å². The third-order valence-corrected chi connectivity index (χ3v) is 7.67. The lowest BCUT2D eigenvalue weighted by Crippen LogP contribution is -2.57. The van der Waals surface area contributed by atoms with Crippen molar-refractivity contribution in [2.24, 2.45) is 11.7 Å². The summed E-state index contributed by atoms with van der Waals surface area (Å²) in [5.41, 5.74) is 6.53. The van der Waals surface area contributed by atoms with E-state index in [4.69, 9.17) is 25.8 Å². The number of ether oxygens (including phenoxy) is 1. The van der Waals surface area contributed by atoms with Crippen LogP contribution in [0.2, 0.25) is 0 Å². The largest absolute Gasteiger partial charge is 0.490 e. The normalized spacial score (nSPS) is 17.3. The number of aliphatic carboxylic acids is 1. The zero-order valence-electron chi connectivity index (χ0n) is 24.8. The first-order chi connectivity index (χ1) is 20.8. The number of likely N-dealkylation sites (tertiary alicyclic amines) is 1. The fourth-order valence-corrected chi connectivity index (χ4v) is 5.22. The monoisotopic (exact) mass is 628 g/mol. The van der Waals surface area contributed by atoms with Crippen LogP contribution in [0, 0.1) is 11.3 Å². The third kappa shape index (κ3) is 13.2. The lowest BCUT2D eigenvalue weighted by molar-refractivity contribution is -0.192. The van der Waals surface area contributed by atoms with Crippen molar-refractivity contribution in [3.05, 3.63) is 35.9 Å². The molecule has 1 aromatic carbocycles. The number of carboxylic acids is 1. The smallest absolute Gasteiger partial charge is 0.475 e. The number of methoxy groups -OCH3 is 1. The topological polar surface area (TPSA) is 187 Å². The molecule has 2 amide bonds. The number of carbonyl (C=O) groups is 4. The lowest BCUT2D eigenvalue weighted by Gasteiger charge is -2.33. The number of amides is 2. The number of esters is 1. The molecule has 0 bridgehead atoms. The summed E-state index contributed by atoms with van der Waals surface area (Å²) in [6, 6.07) is 8.22. The van der Waals surface area contributed by atoms with Gasteiger partial charge in [-0.05, 0) is 30.7 Å². The van der Waals surface area contributed by atoms with Crippen molar-refractivity contribution in [1.82, 2.24) is 20.9 Å². The number of carboxylic acid groups (broad SMARTS) is 1. The average molecular weight is 629 g/mol. The number of nitrogens with two attached hydrogens (primary N) is 1. The van der Waals surface area contributed by atoms with Gasteiger partial charge in [0.2, 0.25) is 11.8 Å². The molecule has 0 aromatic heterocycles. The maximum Gasteiger partial charge on any atom is 0.490 e. The molecule has 3 rings (SSSR count). The molecule has 7 N–H and O–H groups in total. The molecule has 1 saturated heterocycles. The summed E-state index contributed by atoms with van der Waals surface area (Å²) in [6.45, 7) is 1.15. The van der Waals surface area contributed by atoms with Gasteiger partial charge >= 0.3 is 18.1 Å². The van der Waals surface area contributed by atoms with E-state index in [1.54, 1.807) is 4.90 Å². The molecule has 0 spiro atoms. The van der Waals surface area contributed by atoms with Crippen LogP contribution in [-0.4, -0.2) is 90.8 Å². The third-order valence-electron chi connectivity index (χ3n) is 7.67. The number of alkyl halides is 3. The summed E-state index contributed by atoms with van der Waals surface area (Å²) in [7, 11) is 1.32. The molecular weight excluding hydrogens is 585 g/mol. The van der Waals surface area contributed by atoms with E-state index in [0.29, 0.717) is 44.7 Å². The minimum Gasteiger partial charge on any atom is -0.475 e. The predicted molar refractivity (Wildman–Crippen MR) is 155 cm³/mol. The summed E-state index contributed by atoms with van der Waals surface area (Å²) in [5.74, 6) is -3.26. The van der Waals surface area contributed by atoms with Crippen LogP contribution in [0.3, 0.4) is 0 Å². The number of carbonyl (C=O) groups excluding carboxylic acids is 3. The standard InChI is InChI=1S/C27H42N6O4.C2HF3O2/c1-37-24(34)18-30-22(16-19-8-4-2-5-9-19)25(35)32-23(17-20-10-6-3-7-11-20)26(36)31-21-12-14-33(15-13-21)27(28)29;3-2(4,5)1(6)7/h3,6-7,10-11,19,21-23,30H,2,4-5,8-9,12-18H2,1H3,(H3,28,29)(H,31,36)(H,32,35);(H,6,7)/t22?,23-;/m1./s1. The van der Waals surface area contributed by atoms with Crippen molar-refractivity contribution in [2.45, 2.75) is 82.1 Å². The zero-order chi connectivity index (χ0) is 32.7. The van der Waals surface area contributed by atoms with Gasteiger partial charge in [-0.1, -0.05) is 62.4 Å². The van der Waals surface area contributed by atoms with Crippen LogP contribution in [0.4, 0.5) is 13.2 Å². The highest BCUT2D eigenvalue weighted by atomic mass is 19.4. The first-order valence-electron chi connectivity index (χ1n) is 14.6. The minimum absolute atomic E-state index is 0.0439. The molecule has 246 valence electrons. The van der Waals surface area contributed by atoms with Crippen LogP contribution in [-0.2, 0) is 30.3 Å². The van der Waals surface area contributed by atoms with Gasteiger partial charge < -0.3 is 31.1 Å². The number of piperidine rings is 1. The van der Waals surface area contributed by atoms with Crippen molar-refractivity contribution in [1.29, 1.82) is 5.41 Å². The van der Waals surface area contributed by atoms with Crippen LogP contribution >= 0.6 is 0 Å². The van der Waals surface area contributed by atoms with E-state index < -0.39 is 30.2 Å². The Hall–Kier alpha value is -3.88. The highest BCUT2D eigenvalue weighted by Gasteiger charge is 2.38. The molecule has 1 aliphatic heterocycles. The Balaban J connectivity index is 0.000000860. The molecule has 12 nitrogen and oxygen atoms in total. The highest BCUT2D eigenvalue weighted by molar-refractivity contribution is 5.90. The molecule has 2 atom stereocenters. The number of nitrogens with one attached hydrogen (secondary N) is 4. The SMILES string of the molecule is COC(=O)CNC(CC1CCCCC1)C(=O)N[C@H](Cc1ccccc1)C(=O)NC1CCN(C(=N)N)CC1.O=C(O)C(F)(F)F. The van der Waals surface area contributed by atoms with E-state index in [9.17, 15) is 27.6 Å². The van der Waals surface area contributed by atoms with Crippen molar-refractivity contribution in [3.8, 4) is 0 Å². The Labute approximate surface area is 254 Å². The van der Waals surface area contributed by atoms with Crippen LogP contribution < -0.4 is 21.7 Å². The number of nitrogens with zero attached hydrogens (tertiary/aromatic N) is 1. The second kappa shape index (κ2) is 18.0. The molecule has 2 aliphatic rings. The second-order valence-electron chi connectivity index (χ2n) is 11.0. The Kier molecular flexibility index (Phi) is 14.9. The predicted octanol–water partition coefficient (Wildman–Crippen LogP) is 1.92. The van der Waals surface area contributed by atoms with Gasteiger partial charge in [-0.25, -0.2) is 4.79 Å². The summed E-state index contributed by atoms with van der Waals surface area (Å²) in [6.07, 6.45) is 2.91. The van der Waals surface area contributed by atoms with Crippen LogP contribution in [0.5, 0.6) is 0 Å². The van der Waals surface area contributed by atoms with E-state index in [-0.39, 0.29) is 30.4 Å². The second-order valence-corrected chi connectivity index (χ2v) is 11.0. The van der Waals surface area contributed by atoms with Gasteiger partial charge in [0.15, 0.2) is 5.96 Å². The van der Waals surface area contributed by atoms with E-state index >= 15 is 0 Å². The fourth-order valence-electron chi connectivity index (χ4n) is 5.22. The Morgan fingerprint density at radius 2 is 1.61 bits per heavy atom. The molecule has 1 heterocycles. The summed E-state index contributed by atoms with van der Waals surface area (Å²) in [4.78, 5) is 49.3. The van der Waals surface area contributed by atoms with Crippen LogP contribution in [0.15, 0.2) is 30.3 Å². The number of halogens is 3. The summed E-state index contributed by atoms with van der Waals surface area (Å²) < 4.78 is 36.5. The maximum atomic E-state index is 13.5. The van der Waals surface area contributed by atoms with Crippen LogP contribution in [0.25, 0.3) is 0 Å². The lowest BCUT2D eigenvalue weighted by atomic mass is 9.84. The number of rotatable bonds is 11. The summed E-state index contributed by atoms with van der Waals surface area (Å²) >= 11 is 0. The quantitative estimate of drug-likeness (QED) is 0.121. The number of hydrogen-bond donors (Lipinski definition) is 6. The van der Waals surface area contributed by atoms with Gasteiger partial charge in [-0.15, -0.1) is 0 Å². The zero-order valence-corrected chi connectivity index (χ0v) is 24.8. The van der Waals surface area contributed by atoms with Gasteiger partial charge in [-0.2, -0.15) is 13.2 Å². The maximum absolute atomic E-state index is 13.5. The van der Waals surface area contributed by atoms with Gasteiger partial charge in [-0.3, -0.25) is 25.1 Å². The molecule has 2 fully saturated rings. The van der Waals surface area contributed by atoms with Gasteiger partial charge in [0.1, 0.15) is 6.04 Å². The fraction of sp³-hybridized carbons (Fsp3) is 0.621. The molecule has 1 saturated carbocycles. The first kappa shape index (κ1) is 36.3. The molecule has 44 heavy (non-hydrogen) atoms. The van der Waals surface area contributed by atoms with Gasteiger partial charge in [0, 0.05) is 25.6 Å². The van der Waals surface area contributed by atoms with Gasteiger partial charge in [0.25, 0.3) is 0 Å². The van der Waals surface area contributed by atoms with E-state index in [1.165, 1.54) is 13.5 Å². The molecule has 15 heteroatoms. The first-order valence-corrected chi connectivity index (χ1v) is 14.6. The minimum atomic E-state index is -5.08. The van der Waals surface area contributed by atoms with Crippen molar-refractivity contribution >= 4 is 29.7 Å². The van der Waals surface area contributed by atoms with Crippen LogP contribution in [0.1, 0.15) is 56.9 Å². The van der Waals surface area contributed by atoms with E-state index in [2.05, 4.69) is 16.0 Å². The molecule has 1 aromatic rings. The molecule has 1 aliphatic carbocycles. The Morgan fingerprint density at radius 3 is 2.14 bits per heavy atom. The number of guanidine groups is 1. The number of benzene rings is 1. The van der Waals surface area contributed by atoms with Crippen molar-refractivity contribution in [3.63, 3.8) is 0 Å². The molecular formula is C29H43F3N6O6. The average Bonchev–Trinajstić information content (AvgIpc) is 2.99. The number of hydrogen-bond acceptors (Lipinski definition) is 7. The van der Waals surface area contributed by atoms with E-state index in [0.717, 1.165) is 31.2 Å². The molecule has 1 unspecified atom stereocenters. The van der Waals surface area contributed by atoms with Crippen molar-refractivity contribution < 1.29 is 42.2 Å².